The summed E-state index contributed by atoms with van der Waals surface area (Å²) in [5.41, 5.74) is 1.30. The number of allylic oxidation sites excluding steroid dienone is 2. The Bertz CT molecular complexity index is 267. The molecule has 2 heteroatoms. The average Bonchev–Trinajstić information content (AvgIpc) is 2.70. The third-order valence-electron chi connectivity index (χ3n) is 3.39. The van der Waals surface area contributed by atoms with Crippen LogP contribution in [0.15, 0.2) is 11.8 Å². The maximum Gasteiger partial charge on any atom is 0.157 e. The van der Waals surface area contributed by atoms with E-state index in [1.807, 2.05) is 6.08 Å². The van der Waals surface area contributed by atoms with Crippen LogP contribution in [0.5, 0.6) is 0 Å². The normalized spacial score (nSPS) is 27.6. The summed E-state index contributed by atoms with van der Waals surface area (Å²) in [5.74, 6) is 1.02. The molecule has 1 atom stereocenters. The molecule has 0 aromatic carbocycles. The van der Waals surface area contributed by atoms with Crippen molar-refractivity contribution in [2.24, 2.45) is 5.92 Å². The molecule has 0 spiro atoms. The Morgan fingerprint density at radius 3 is 2.79 bits per heavy atom. The second-order valence-electron chi connectivity index (χ2n) is 4.75. The highest BCUT2D eigenvalue weighted by Gasteiger charge is 2.30. The number of carbonyl (C=O) groups excluding carboxylic acids is 1. The SMILES string of the molecule is CC(C)C1CCCN1C1=CC(=O)CC1. The molecule has 2 aliphatic rings. The molecule has 0 radical (unpaired) electrons. The van der Waals surface area contributed by atoms with Gasteiger partial charge in [-0.2, -0.15) is 0 Å². The van der Waals surface area contributed by atoms with E-state index in [4.69, 9.17) is 0 Å². The second kappa shape index (κ2) is 3.76. The lowest BCUT2D eigenvalue weighted by atomic mass is 10.0. The zero-order valence-corrected chi connectivity index (χ0v) is 9.12. The highest BCUT2D eigenvalue weighted by atomic mass is 16.1. The summed E-state index contributed by atoms with van der Waals surface area (Å²) in [7, 11) is 0. The van der Waals surface area contributed by atoms with Crippen LogP contribution >= 0.6 is 0 Å². The van der Waals surface area contributed by atoms with Crippen LogP contribution in [0.1, 0.15) is 39.5 Å². The van der Waals surface area contributed by atoms with Gasteiger partial charge in [0.25, 0.3) is 0 Å². The maximum atomic E-state index is 11.2. The standard InChI is InChI=1S/C12H19NO/c1-9(2)12-4-3-7-13(12)10-5-6-11(14)8-10/h8-9,12H,3-7H2,1-2H3. The van der Waals surface area contributed by atoms with Crippen molar-refractivity contribution < 1.29 is 4.79 Å². The molecule has 1 saturated heterocycles. The number of hydrogen-bond donors (Lipinski definition) is 0. The first-order chi connectivity index (χ1) is 6.68. The van der Waals surface area contributed by atoms with Gasteiger partial charge in [-0.15, -0.1) is 0 Å². The minimum absolute atomic E-state index is 0.314. The van der Waals surface area contributed by atoms with Gasteiger partial charge in [-0.05, 0) is 25.2 Å². The van der Waals surface area contributed by atoms with Crippen LogP contribution in [0.2, 0.25) is 0 Å². The smallest absolute Gasteiger partial charge is 0.157 e. The first kappa shape index (κ1) is 9.75. The number of likely N-dealkylation sites (tertiary alicyclic amines) is 1. The molecule has 0 saturated carbocycles. The van der Waals surface area contributed by atoms with Crippen LogP contribution in [0.4, 0.5) is 0 Å². The molecular weight excluding hydrogens is 174 g/mol. The third kappa shape index (κ3) is 1.70. The Morgan fingerprint density at radius 2 is 2.21 bits per heavy atom. The van der Waals surface area contributed by atoms with Gasteiger partial charge < -0.3 is 4.90 Å². The number of ketones is 1. The fraction of sp³-hybridized carbons (Fsp3) is 0.750. The van der Waals surface area contributed by atoms with Gasteiger partial charge in [0.15, 0.2) is 5.78 Å². The lowest BCUT2D eigenvalue weighted by molar-refractivity contribution is -0.114. The van der Waals surface area contributed by atoms with Crippen molar-refractivity contribution in [2.75, 3.05) is 6.54 Å². The zero-order chi connectivity index (χ0) is 10.1. The highest BCUT2D eigenvalue weighted by molar-refractivity contribution is 5.92. The van der Waals surface area contributed by atoms with Gasteiger partial charge in [-0.25, -0.2) is 0 Å². The van der Waals surface area contributed by atoms with Crippen molar-refractivity contribution in [3.63, 3.8) is 0 Å². The lowest BCUT2D eigenvalue weighted by Crippen LogP contribution is -2.32. The molecule has 78 valence electrons. The molecule has 1 unspecified atom stereocenters. The molecule has 2 rings (SSSR count). The molecule has 0 aromatic rings. The second-order valence-corrected chi connectivity index (χ2v) is 4.75. The summed E-state index contributed by atoms with van der Waals surface area (Å²) < 4.78 is 0. The number of hydrogen-bond acceptors (Lipinski definition) is 2. The van der Waals surface area contributed by atoms with Crippen molar-refractivity contribution >= 4 is 5.78 Å². The van der Waals surface area contributed by atoms with Gasteiger partial charge in [0.2, 0.25) is 0 Å². The van der Waals surface area contributed by atoms with Gasteiger partial charge in [0.05, 0.1) is 0 Å². The van der Waals surface area contributed by atoms with E-state index in [1.165, 1.54) is 18.5 Å². The van der Waals surface area contributed by atoms with Crippen LogP contribution in [0.3, 0.4) is 0 Å². The van der Waals surface area contributed by atoms with Gasteiger partial charge in [0, 0.05) is 30.8 Å². The average molecular weight is 193 g/mol. The first-order valence-electron chi connectivity index (χ1n) is 5.68. The highest BCUT2D eigenvalue weighted by Crippen LogP contribution is 2.31. The molecule has 2 nitrogen and oxygen atoms in total. The van der Waals surface area contributed by atoms with Crippen molar-refractivity contribution in [1.82, 2.24) is 4.90 Å². The van der Waals surface area contributed by atoms with Crippen molar-refractivity contribution in [1.29, 1.82) is 0 Å². The van der Waals surface area contributed by atoms with Crippen molar-refractivity contribution in [2.45, 2.75) is 45.6 Å². The van der Waals surface area contributed by atoms with Crippen molar-refractivity contribution in [3.05, 3.63) is 11.8 Å². The van der Waals surface area contributed by atoms with E-state index in [-0.39, 0.29) is 0 Å². The summed E-state index contributed by atoms with van der Waals surface area (Å²) >= 11 is 0. The summed E-state index contributed by atoms with van der Waals surface area (Å²) in [5, 5.41) is 0. The molecule has 1 fully saturated rings. The van der Waals surface area contributed by atoms with Crippen LogP contribution in [0, 0.1) is 5.92 Å². The van der Waals surface area contributed by atoms with E-state index >= 15 is 0 Å². The fourth-order valence-corrected chi connectivity index (χ4v) is 2.65. The Labute approximate surface area is 86.0 Å². The molecule has 0 aromatic heterocycles. The Morgan fingerprint density at radius 1 is 1.43 bits per heavy atom. The molecule has 1 aliphatic heterocycles. The molecular formula is C12H19NO. The number of rotatable bonds is 2. The van der Waals surface area contributed by atoms with Crippen LogP contribution < -0.4 is 0 Å². The summed E-state index contributed by atoms with van der Waals surface area (Å²) in [6.45, 7) is 5.71. The minimum atomic E-state index is 0.314. The Balaban J connectivity index is 2.10. The van der Waals surface area contributed by atoms with E-state index in [9.17, 15) is 4.79 Å². The maximum absolute atomic E-state index is 11.2. The fourth-order valence-electron chi connectivity index (χ4n) is 2.65. The molecule has 1 heterocycles. The van der Waals surface area contributed by atoms with E-state index in [0.29, 0.717) is 17.7 Å². The zero-order valence-electron chi connectivity index (χ0n) is 9.12. The molecule has 0 bridgehead atoms. The summed E-state index contributed by atoms with van der Waals surface area (Å²) in [6, 6.07) is 0.673. The van der Waals surface area contributed by atoms with Crippen LogP contribution in [0.25, 0.3) is 0 Å². The Kier molecular flexibility index (Phi) is 2.62. The Hall–Kier alpha value is -0.790. The van der Waals surface area contributed by atoms with Gasteiger partial charge >= 0.3 is 0 Å². The molecule has 14 heavy (non-hydrogen) atoms. The lowest BCUT2D eigenvalue weighted by Gasteiger charge is -2.30. The first-order valence-corrected chi connectivity index (χ1v) is 5.68. The summed E-state index contributed by atoms with van der Waals surface area (Å²) in [6.07, 6.45) is 6.15. The minimum Gasteiger partial charge on any atom is -0.371 e. The topological polar surface area (TPSA) is 20.3 Å². The van der Waals surface area contributed by atoms with E-state index in [1.54, 1.807) is 0 Å². The molecule has 0 N–H and O–H groups in total. The van der Waals surface area contributed by atoms with Crippen molar-refractivity contribution in [3.8, 4) is 0 Å². The molecule has 1 aliphatic carbocycles. The number of carbonyl (C=O) groups is 1. The predicted molar refractivity (Wildman–Crippen MR) is 56.9 cm³/mol. The van der Waals surface area contributed by atoms with Gasteiger partial charge in [0.1, 0.15) is 0 Å². The third-order valence-corrected chi connectivity index (χ3v) is 3.39. The monoisotopic (exact) mass is 193 g/mol. The van der Waals surface area contributed by atoms with Gasteiger partial charge in [-0.3, -0.25) is 4.79 Å². The van der Waals surface area contributed by atoms with Gasteiger partial charge in [-0.1, -0.05) is 13.8 Å². The van der Waals surface area contributed by atoms with Crippen LogP contribution in [-0.2, 0) is 4.79 Å². The predicted octanol–water partition coefficient (Wildman–Crippen LogP) is 2.35. The van der Waals surface area contributed by atoms with E-state index < -0.39 is 0 Å². The van der Waals surface area contributed by atoms with Crippen LogP contribution in [-0.4, -0.2) is 23.3 Å². The molecule has 0 amide bonds. The summed E-state index contributed by atoms with van der Waals surface area (Å²) in [4.78, 5) is 13.7. The van der Waals surface area contributed by atoms with E-state index in [2.05, 4.69) is 18.7 Å². The quantitative estimate of drug-likeness (QED) is 0.671. The number of nitrogens with zero attached hydrogens (tertiary/aromatic N) is 1. The largest absolute Gasteiger partial charge is 0.371 e. The van der Waals surface area contributed by atoms with E-state index in [0.717, 1.165) is 19.4 Å².